The van der Waals surface area contributed by atoms with Gasteiger partial charge in [-0.25, -0.2) is 0 Å². The third-order valence-corrected chi connectivity index (χ3v) is 6.49. The second kappa shape index (κ2) is 10.8. The normalized spacial score (nSPS) is 22.6. The number of thioether (sulfide) groups is 1. The molecule has 0 nitrogen and oxygen atoms in total. The zero-order valence-corrected chi connectivity index (χ0v) is 15.9. The maximum absolute atomic E-state index is 2.54. The monoisotopic (exact) mass is 310 g/mol. The van der Waals surface area contributed by atoms with Crippen LogP contribution in [-0.2, 0) is 0 Å². The molecule has 1 unspecified atom stereocenters. The van der Waals surface area contributed by atoms with Gasteiger partial charge in [-0.05, 0) is 37.4 Å². The quantitative estimate of drug-likeness (QED) is 0.283. The highest BCUT2D eigenvalue weighted by molar-refractivity contribution is 8.00. The highest BCUT2D eigenvalue weighted by Gasteiger charge is 2.27. The Hall–Kier alpha value is 0.0900. The van der Waals surface area contributed by atoms with Gasteiger partial charge in [-0.2, -0.15) is 11.8 Å². The number of hydrogen-bond acceptors (Lipinski definition) is 1. The van der Waals surface area contributed by atoms with Gasteiger partial charge < -0.3 is 0 Å². The predicted octanol–water partition coefficient (Wildman–Crippen LogP) is 7.39. The first-order valence-electron chi connectivity index (χ1n) is 9.40. The fourth-order valence-electron chi connectivity index (χ4n) is 3.17. The topological polar surface area (TPSA) is 0 Å². The van der Waals surface area contributed by atoms with Gasteiger partial charge in [-0.3, -0.25) is 0 Å². The highest BCUT2D eigenvalue weighted by Crippen LogP contribution is 2.40. The molecule has 1 aliphatic carbocycles. The second-order valence-corrected chi connectivity index (χ2v) is 9.09. The van der Waals surface area contributed by atoms with Crippen LogP contribution in [0.1, 0.15) is 98.3 Å². The average molecular weight is 311 g/mol. The van der Waals surface area contributed by atoms with E-state index in [-0.39, 0.29) is 0 Å². The molecule has 0 aromatic carbocycles. The van der Waals surface area contributed by atoms with Crippen LogP contribution in [-0.4, -0.2) is 10.5 Å². The Labute approximate surface area is 138 Å². The predicted molar refractivity (Wildman–Crippen MR) is 100 cm³/mol. The van der Waals surface area contributed by atoms with Crippen molar-refractivity contribution in [1.82, 2.24) is 0 Å². The van der Waals surface area contributed by atoms with Crippen LogP contribution < -0.4 is 0 Å². The molecule has 1 aliphatic rings. The van der Waals surface area contributed by atoms with E-state index < -0.39 is 0 Å². The van der Waals surface area contributed by atoms with Crippen LogP contribution in [0.15, 0.2) is 11.6 Å². The van der Waals surface area contributed by atoms with Crippen LogP contribution in [0.4, 0.5) is 0 Å². The summed E-state index contributed by atoms with van der Waals surface area (Å²) in [7, 11) is 0. The molecule has 1 atom stereocenters. The number of hydrogen-bond donors (Lipinski definition) is 0. The van der Waals surface area contributed by atoms with E-state index in [1.54, 1.807) is 5.57 Å². The molecule has 0 aromatic rings. The number of rotatable bonds is 11. The minimum absolute atomic E-state index is 0.527. The minimum atomic E-state index is 0.527. The van der Waals surface area contributed by atoms with Crippen molar-refractivity contribution in [2.75, 3.05) is 5.75 Å². The largest absolute Gasteiger partial charge is 0.155 e. The summed E-state index contributed by atoms with van der Waals surface area (Å²) in [6, 6.07) is 0. The molecule has 0 amide bonds. The lowest BCUT2D eigenvalue weighted by Crippen LogP contribution is -2.24. The Morgan fingerprint density at radius 1 is 1.05 bits per heavy atom. The fourth-order valence-corrected chi connectivity index (χ4v) is 4.46. The van der Waals surface area contributed by atoms with Crippen LogP contribution in [0, 0.1) is 5.92 Å². The molecule has 1 heteroatoms. The smallest absolute Gasteiger partial charge is 0.0169 e. The van der Waals surface area contributed by atoms with Crippen molar-refractivity contribution in [1.29, 1.82) is 0 Å². The summed E-state index contributed by atoms with van der Waals surface area (Å²) < 4.78 is 0.527. The third-order valence-electron chi connectivity index (χ3n) is 4.93. The van der Waals surface area contributed by atoms with E-state index in [1.807, 2.05) is 0 Å². The molecular weight excluding hydrogens is 272 g/mol. The molecule has 0 N–H and O–H groups in total. The van der Waals surface area contributed by atoms with E-state index in [9.17, 15) is 0 Å². The first kappa shape index (κ1) is 19.1. The van der Waals surface area contributed by atoms with Gasteiger partial charge in [0, 0.05) is 4.75 Å². The Kier molecular flexibility index (Phi) is 9.80. The summed E-state index contributed by atoms with van der Waals surface area (Å²) in [4.78, 5) is 0. The maximum atomic E-state index is 2.54. The summed E-state index contributed by atoms with van der Waals surface area (Å²) in [6.45, 7) is 9.45. The lowest BCUT2D eigenvalue weighted by molar-refractivity contribution is 0.530. The first-order chi connectivity index (χ1) is 10.1. The highest BCUT2D eigenvalue weighted by atomic mass is 32.2. The van der Waals surface area contributed by atoms with Gasteiger partial charge in [0.1, 0.15) is 0 Å². The molecule has 0 saturated heterocycles. The Morgan fingerprint density at radius 3 is 2.19 bits per heavy atom. The second-order valence-electron chi connectivity index (χ2n) is 7.41. The van der Waals surface area contributed by atoms with Crippen molar-refractivity contribution in [2.45, 2.75) is 103 Å². The summed E-state index contributed by atoms with van der Waals surface area (Å²) in [5, 5.41) is 0. The van der Waals surface area contributed by atoms with Crippen LogP contribution >= 0.6 is 11.8 Å². The molecule has 0 radical (unpaired) electrons. The van der Waals surface area contributed by atoms with Gasteiger partial charge in [0.25, 0.3) is 0 Å². The molecule has 0 fully saturated rings. The van der Waals surface area contributed by atoms with Gasteiger partial charge in [0.2, 0.25) is 0 Å². The zero-order valence-electron chi connectivity index (χ0n) is 15.0. The van der Waals surface area contributed by atoms with Crippen LogP contribution in [0.3, 0.4) is 0 Å². The van der Waals surface area contributed by atoms with E-state index in [1.165, 1.54) is 76.4 Å². The molecule has 0 spiro atoms. The molecular formula is C20H38S. The molecule has 1 rings (SSSR count). The van der Waals surface area contributed by atoms with Gasteiger partial charge in [-0.1, -0.05) is 84.3 Å². The zero-order chi connectivity index (χ0) is 15.6. The van der Waals surface area contributed by atoms with E-state index in [4.69, 9.17) is 0 Å². The average Bonchev–Trinajstić information content (AvgIpc) is 2.46. The summed E-state index contributed by atoms with van der Waals surface area (Å²) in [5.41, 5.74) is 1.69. The van der Waals surface area contributed by atoms with E-state index in [2.05, 4.69) is 45.5 Å². The van der Waals surface area contributed by atoms with Crippen LogP contribution in [0.25, 0.3) is 0 Å². The molecule has 0 bridgehead atoms. The van der Waals surface area contributed by atoms with Crippen molar-refractivity contribution in [3.8, 4) is 0 Å². The molecule has 21 heavy (non-hydrogen) atoms. The third kappa shape index (κ3) is 8.33. The van der Waals surface area contributed by atoms with E-state index >= 15 is 0 Å². The summed E-state index contributed by atoms with van der Waals surface area (Å²) in [6.07, 6.45) is 18.0. The standard InChI is InChI=1S/C20H38S/c1-5-6-7-8-9-10-11-12-17-21-20(4)15-13-19(14-16-20)18(2)3/h13,18H,5-12,14-17H2,1-4H3. The number of unbranched alkanes of at least 4 members (excludes halogenated alkanes) is 7. The minimum Gasteiger partial charge on any atom is -0.155 e. The fraction of sp³-hybridized carbons (Fsp3) is 0.900. The Morgan fingerprint density at radius 2 is 1.67 bits per heavy atom. The Bertz CT molecular complexity index is 292. The molecule has 0 aromatic heterocycles. The maximum Gasteiger partial charge on any atom is 0.0169 e. The SMILES string of the molecule is CCCCCCCCCCSC1(C)CC=C(C(C)C)CC1. The van der Waals surface area contributed by atoms with E-state index in [0.29, 0.717) is 4.75 Å². The lowest BCUT2D eigenvalue weighted by Gasteiger charge is -2.33. The van der Waals surface area contributed by atoms with Gasteiger partial charge in [-0.15, -0.1) is 0 Å². The van der Waals surface area contributed by atoms with Crippen molar-refractivity contribution in [2.24, 2.45) is 5.92 Å². The van der Waals surface area contributed by atoms with Gasteiger partial charge in [0.05, 0.1) is 0 Å². The lowest BCUT2D eigenvalue weighted by atomic mass is 9.85. The van der Waals surface area contributed by atoms with Crippen LogP contribution in [0.2, 0.25) is 0 Å². The molecule has 124 valence electrons. The van der Waals surface area contributed by atoms with Crippen molar-refractivity contribution in [3.63, 3.8) is 0 Å². The molecule has 0 saturated carbocycles. The summed E-state index contributed by atoms with van der Waals surface area (Å²) >= 11 is 2.24. The van der Waals surface area contributed by atoms with Gasteiger partial charge >= 0.3 is 0 Å². The Balaban J connectivity index is 2.03. The van der Waals surface area contributed by atoms with Gasteiger partial charge in [0.15, 0.2) is 0 Å². The van der Waals surface area contributed by atoms with Crippen molar-refractivity contribution < 1.29 is 0 Å². The molecule has 0 aliphatic heterocycles. The van der Waals surface area contributed by atoms with E-state index in [0.717, 1.165) is 5.92 Å². The first-order valence-corrected chi connectivity index (χ1v) is 10.4. The number of allylic oxidation sites excluding steroid dienone is 2. The van der Waals surface area contributed by atoms with Crippen LogP contribution in [0.5, 0.6) is 0 Å². The molecule has 0 heterocycles. The van der Waals surface area contributed by atoms with Crippen molar-refractivity contribution in [3.05, 3.63) is 11.6 Å². The van der Waals surface area contributed by atoms with Crippen molar-refractivity contribution >= 4 is 11.8 Å². The summed E-state index contributed by atoms with van der Waals surface area (Å²) in [5.74, 6) is 2.13.